The minimum absolute atomic E-state index is 0.142. The molecular formula is C11H15N5O2S. The molecule has 0 bridgehead atoms. The van der Waals surface area contributed by atoms with Gasteiger partial charge in [0.15, 0.2) is 0 Å². The number of aromatic nitrogens is 4. The first kappa shape index (κ1) is 13.5. The van der Waals surface area contributed by atoms with Crippen molar-refractivity contribution in [3.05, 3.63) is 36.9 Å². The van der Waals surface area contributed by atoms with Gasteiger partial charge in [-0.25, -0.2) is 14.5 Å². The number of hydrogen-bond donors (Lipinski definition) is 1. The first-order chi connectivity index (χ1) is 8.90. The summed E-state index contributed by atoms with van der Waals surface area (Å²) < 4.78 is 2.15. The van der Waals surface area contributed by atoms with E-state index in [0.717, 1.165) is 19.1 Å². The van der Waals surface area contributed by atoms with Crippen LogP contribution in [0.25, 0.3) is 0 Å². The smallest absolute Gasteiger partial charge is 0.346 e. The van der Waals surface area contributed by atoms with Gasteiger partial charge in [-0.1, -0.05) is 0 Å². The fraction of sp³-hybridized carbons (Fsp3) is 0.455. The SMILES string of the molecule is Cc1cnc(C(C)Nc2nn(C)c(=O)n(C)c2=O)s1. The Labute approximate surface area is 113 Å². The number of hydrogen-bond acceptors (Lipinski definition) is 6. The minimum Gasteiger partial charge on any atom is -0.355 e. The quantitative estimate of drug-likeness (QED) is 0.881. The lowest BCUT2D eigenvalue weighted by Gasteiger charge is -2.12. The van der Waals surface area contributed by atoms with Crippen LogP contribution in [-0.4, -0.2) is 19.3 Å². The molecule has 102 valence electrons. The lowest BCUT2D eigenvalue weighted by Crippen LogP contribution is -2.40. The van der Waals surface area contributed by atoms with E-state index in [-0.39, 0.29) is 11.9 Å². The number of rotatable bonds is 3. The Morgan fingerprint density at radius 1 is 1.37 bits per heavy atom. The summed E-state index contributed by atoms with van der Waals surface area (Å²) in [6.45, 7) is 3.86. The van der Waals surface area contributed by atoms with Crippen molar-refractivity contribution in [1.82, 2.24) is 19.3 Å². The lowest BCUT2D eigenvalue weighted by molar-refractivity contribution is 0.601. The van der Waals surface area contributed by atoms with Crippen molar-refractivity contribution in [2.45, 2.75) is 19.9 Å². The minimum atomic E-state index is -0.451. The van der Waals surface area contributed by atoms with Crippen LogP contribution in [0.4, 0.5) is 5.82 Å². The number of anilines is 1. The third-order valence-electron chi connectivity index (χ3n) is 2.68. The highest BCUT2D eigenvalue weighted by Gasteiger charge is 2.14. The number of aryl methyl sites for hydroxylation is 2. The molecule has 2 rings (SSSR count). The summed E-state index contributed by atoms with van der Waals surface area (Å²) in [4.78, 5) is 28.8. The lowest BCUT2D eigenvalue weighted by atomic mass is 10.3. The highest BCUT2D eigenvalue weighted by Crippen LogP contribution is 2.20. The fourth-order valence-electron chi connectivity index (χ4n) is 1.63. The average molecular weight is 281 g/mol. The Hall–Kier alpha value is -1.96. The summed E-state index contributed by atoms with van der Waals surface area (Å²) in [7, 11) is 2.93. The van der Waals surface area contributed by atoms with Crippen LogP contribution in [0.15, 0.2) is 15.8 Å². The van der Waals surface area contributed by atoms with E-state index in [1.54, 1.807) is 17.5 Å². The standard InChI is InChI=1S/C11H15N5O2S/c1-6-5-12-9(19-6)7(2)13-8-10(17)15(3)11(18)16(4)14-8/h5,7H,1-4H3,(H,13,14). The van der Waals surface area contributed by atoms with Crippen molar-refractivity contribution >= 4 is 17.2 Å². The molecule has 1 atom stereocenters. The van der Waals surface area contributed by atoms with E-state index < -0.39 is 11.2 Å². The van der Waals surface area contributed by atoms with Gasteiger partial charge < -0.3 is 5.32 Å². The number of thiazole rings is 1. The maximum absolute atomic E-state index is 11.9. The van der Waals surface area contributed by atoms with Crippen molar-refractivity contribution in [1.29, 1.82) is 0 Å². The molecule has 0 saturated heterocycles. The second-order valence-electron chi connectivity index (χ2n) is 4.29. The van der Waals surface area contributed by atoms with Crippen LogP contribution in [0.5, 0.6) is 0 Å². The molecule has 19 heavy (non-hydrogen) atoms. The van der Waals surface area contributed by atoms with E-state index in [1.807, 2.05) is 13.8 Å². The van der Waals surface area contributed by atoms with E-state index in [9.17, 15) is 9.59 Å². The fourth-order valence-corrected chi connectivity index (χ4v) is 2.40. The molecule has 0 saturated carbocycles. The second kappa shape index (κ2) is 4.96. The van der Waals surface area contributed by atoms with Crippen molar-refractivity contribution in [3.63, 3.8) is 0 Å². The van der Waals surface area contributed by atoms with E-state index in [0.29, 0.717) is 0 Å². The van der Waals surface area contributed by atoms with E-state index in [2.05, 4.69) is 15.4 Å². The summed E-state index contributed by atoms with van der Waals surface area (Å²) in [6, 6.07) is -0.142. The molecule has 0 aliphatic rings. The van der Waals surface area contributed by atoms with Gasteiger partial charge in [0.05, 0.1) is 6.04 Å². The number of nitrogens with zero attached hydrogens (tertiary/aromatic N) is 4. The maximum atomic E-state index is 11.9. The van der Waals surface area contributed by atoms with Crippen LogP contribution < -0.4 is 16.6 Å². The van der Waals surface area contributed by atoms with Gasteiger partial charge in [-0.05, 0) is 13.8 Å². The van der Waals surface area contributed by atoms with E-state index in [4.69, 9.17) is 0 Å². The Bertz CT molecular complexity index is 715. The van der Waals surface area contributed by atoms with Gasteiger partial charge in [0.2, 0.25) is 5.82 Å². The molecule has 0 spiro atoms. The van der Waals surface area contributed by atoms with E-state index >= 15 is 0 Å². The van der Waals surface area contributed by atoms with Gasteiger partial charge in [-0.2, -0.15) is 0 Å². The monoisotopic (exact) mass is 281 g/mol. The predicted octanol–water partition coefficient (Wildman–Crippen LogP) is 0.417. The van der Waals surface area contributed by atoms with Crippen LogP contribution in [-0.2, 0) is 14.1 Å². The molecule has 0 aliphatic heterocycles. The molecule has 0 aromatic carbocycles. The van der Waals surface area contributed by atoms with Gasteiger partial charge in [0.1, 0.15) is 5.01 Å². The Morgan fingerprint density at radius 3 is 2.63 bits per heavy atom. The summed E-state index contributed by atoms with van der Waals surface area (Å²) in [5, 5.41) is 7.80. The highest BCUT2D eigenvalue weighted by atomic mass is 32.1. The van der Waals surface area contributed by atoms with Crippen LogP contribution in [0.2, 0.25) is 0 Å². The van der Waals surface area contributed by atoms with Gasteiger partial charge >= 0.3 is 5.69 Å². The molecule has 1 N–H and O–H groups in total. The van der Waals surface area contributed by atoms with Crippen molar-refractivity contribution in [3.8, 4) is 0 Å². The number of nitrogens with one attached hydrogen (secondary N) is 1. The molecule has 1 unspecified atom stereocenters. The molecule has 2 aromatic heterocycles. The maximum Gasteiger partial charge on any atom is 0.346 e. The van der Waals surface area contributed by atoms with Crippen molar-refractivity contribution in [2.75, 3.05) is 5.32 Å². The third kappa shape index (κ3) is 2.58. The van der Waals surface area contributed by atoms with Crippen LogP contribution in [0, 0.1) is 6.92 Å². The summed E-state index contributed by atoms with van der Waals surface area (Å²) in [6.07, 6.45) is 1.78. The molecule has 0 aliphatic carbocycles. The largest absolute Gasteiger partial charge is 0.355 e. The Morgan fingerprint density at radius 2 is 2.05 bits per heavy atom. The first-order valence-corrected chi connectivity index (χ1v) is 6.55. The second-order valence-corrected chi connectivity index (χ2v) is 5.56. The average Bonchev–Trinajstić information content (AvgIpc) is 2.80. The molecule has 0 amide bonds. The third-order valence-corrected chi connectivity index (χ3v) is 3.78. The van der Waals surface area contributed by atoms with Crippen LogP contribution in [0.1, 0.15) is 22.9 Å². The van der Waals surface area contributed by atoms with Gasteiger partial charge in [-0.3, -0.25) is 9.36 Å². The zero-order valence-electron chi connectivity index (χ0n) is 11.2. The van der Waals surface area contributed by atoms with E-state index in [1.165, 1.54) is 14.1 Å². The van der Waals surface area contributed by atoms with Gasteiger partial charge in [0, 0.05) is 25.2 Å². The highest BCUT2D eigenvalue weighted by molar-refractivity contribution is 7.11. The summed E-state index contributed by atoms with van der Waals surface area (Å²) in [5.41, 5.74) is -0.892. The zero-order chi connectivity index (χ0) is 14.2. The normalized spacial score (nSPS) is 12.4. The zero-order valence-corrected chi connectivity index (χ0v) is 12.0. The molecule has 8 heteroatoms. The van der Waals surface area contributed by atoms with Crippen LogP contribution in [0.3, 0.4) is 0 Å². The van der Waals surface area contributed by atoms with Gasteiger partial charge in [-0.15, -0.1) is 16.4 Å². The summed E-state index contributed by atoms with van der Waals surface area (Å²) >= 11 is 1.55. The summed E-state index contributed by atoms with van der Waals surface area (Å²) in [5.74, 6) is 0.143. The van der Waals surface area contributed by atoms with Crippen molar-refractivity contribution in [2.24, 2.45) is 14.1 Å². The molecule has 0 fully saturated rings. The Balaban J connectivity index is 2.34. The topological polar surface area (TPSA) is 81.8 Å². The molecule has 2 aromatic rings. The first-order valence-electron chi connectivity index (χ1n) is 5.73. The van der Waals surface area contributed by atoms with Crippen molar-refractivity contribution < 1.29 is 0 Å². The van der Waals surface area contributed by atoms with Gasteiger partial charge in [0.25, 0.3) is 5.56 Å². The predicted molar refractivity (Wildman–Crippen MR) is 73.6 cm³/mol. The molecule has 7 nitrogen and oxygen atoms in total. The Kier molecular flexibility index (Phi) is 3.52. The molecule has 0 radical (unpaired) electrons. The van der Waals surface area contributed by atoms with Crippen LogP contribution >= 0.6 is 11.3 Å². The molecule has 2 heterocycles. The molecular weight excluding hydrogens is 266 g/mol.